The van der Waals surface area contributed by atoms with Crippen LogP contribution in [-0.2, 0) is 26.5 Å². The highest BCUT2D eigenvalue weighted by molar-refractivity contribution is 7.92. The Bertz CT molecular complexity index is 3100. The molecular formula is C48H50FN7O7S. The molecule has 3 aliphatic heterocycles. The molecule has 3 aromatic heterocycles. The number of fused-ring (bicyclic) bond motifs is 2. The molecule has 64 heavy (non-hydrogen) atoms. The lowest BCUT2D eigenvalue weighted by Crippen LogP contribution is -2.50. The normalized spacial score (nSPS) is 22.8. The lowest BCUT2D eigenvalue weighted by atomic mass is 9.91. The number of aromatic amines is 1. The summed E-state index contributed by atoms with van der Waals surface area (Å²) in [5, 5.41) is 4.77. The molecular weight excluding hydrogens is 838 g/mol. The van der Waals surface area contributed by atoms with Gasteiger partial charge in [-0.1, -0.05) is 30.3 Å². The average molecular weight is 888 g/mol. The molecule has 2 aliphatic carbocycles. The van der Waals surface area contributed by atoms with E-state index in [4.69, 9.17) is 14.2 Å². The lowest BCUT2D eigenvalue weighted by Gasteiger charge is -2.42. The van der Waals surface area contributed by atoms with Gasteiger partial charge in [-0.2, -0.15) is 0 Å². The summed E-state index contributed by atoms with van der Waals surface area (Å²) in [6, 6.07) is 18.2. The first-order valence-corrected chi connectivity index (χ1v) is 23.9. The quantitative estimate of drug-likeness (QED) is 0.167. The monoisotopic (exact) mass is 887 g/mol. The largest absolute Gasteiger partial charge is 0.438 e. The highest BCUT2D eigenvalue weighted by Crippen LogP contribution is 2.56. The van der Waals surface area contributed by atoms with Crippen LogP contribution in [0.15, 0.2) is 79.7 Å². The third-order valence-corrected chi connectivity index (χ3v) is 16.9. The van der Waals surface area contributed by atoms with Gasteiger partial charge in [0.25, 0.3) is 11.5 Å². The van der Waals surface area contributed by atoms with E-state index in [1.54, 1.807) is 47.6 Å². The fourth-order valence-corrected chi connectivity index (χ4v) is 12.3. The Labute approximate surface area is 369 Å². The summed E-state index contributed by atoms with van der Waals surface area (Å²) in [6.45, 7) is 10.0. The van der Waals surface area contributed by atoms with Crippen LogP contribution in [-0.4, -0.2) is 81.6 Å². The smallest absolute Gasteiger partial charge is 0.381 e. The van der Waals surface area contributed by atoms with E-state index < -0.39 is 27.2 Å². The molecule has 6 heterocycles. The number of amides is 1. The van der Waals surface area contributed by atoms with Crippen LogP contribution in [0.5, 0.6) is 0 Å². The number of hydrogen-bond acceptors (Lipinski definition) is 10. The van der Waals surface area contributed by atoms with E-state index in [-0.39, 0.29) is 47.3 Å². The Kier molecular flexibility index (Phi) is 9.48. The number of H-pyrrole nitrogens is 1. The molecule has 1 amide bonds. The number of hydrogen-bond donors (Lipinski definition) is 1. The summed E-state index contributed by atoms with van der Waals surface area (Å²) in [4.78, 5) is 54.7. The predicted molar refractivity (Wildman–Crippen MR) is 237 cm³/mol. The van der Waals surface area contributed by atoms with Crippen molar-refractivity contribution in [1.82, 2.24) is 29.2 Å². The minimum Gasteiger partial charge on any atom is -0.381 e. The van der Waals surface area contributed by atoms with E-state index in [1.807, 2.05) is 34.6 Å². The number of aryl methyl sites for hydroxylation is 2. The molecule has 2 saturated carbocycles. The molecule has 6 aromatic rings. The molecule has 11 rings (SSSR count). The van der Waals surface area contributed by atoms with E-state index in [1.165, 1.54) is 5.56 Å². The summed E-state index contributed by atoms with van der Waals surface area (Å²) in [5.74, 6) is -0.0487. The van der Waals surface area contributed by atoms with Crippen LogP contribution in [0.2, 0.25) is 0 Å². The van der Waals surface area contributed by atoms with Crippen molar-refractivity contribution in [2.45, 2.75) is 99.8 Å². The third kappa shape index (κ3) is 6.41. The maximum absolute atomic E-state index is 15.3. The van der Waals surface area contributed by atoms with E-state index in [0.29, 0.717) is 102 Å². The molecule has 0 spiro atoms. The van der Waals surface area contributed by atoms with E-state index in [9.17, 15) is 18.0 Å². The number of benzene rings is 3. The minimum absolute atomic E-state index is 0.0283. The number of sulfone groups is 1. The molecule has 0 unspecified atom stereocenters. The van der Waals surface area contributed by atoms with Crippen LogP contribution in [0.4, 0.5) is 10.3 Å². The summed E-state index contributed by atoms with van der Waals surface area (Å²) in [5.41, 5.74) is 4.71. The van der Waals surface area contributed by atoms with Crippen molar-refractivity contribution in [3.05, 3.63) is 132 Å². The summed E-state index contributed by atoms with van der Waals surface area (Å²) in [7, 11) is -3.32. The fraction of sp³-hybridized carbons (Fsp3) is 0.438. The van der Waals surface area contributed by atoms with Gasteiger partial charge in [-0.15, -0.1) is 0 Å². The van der Waals surface area contributed by atoms with Crippen molar-refractivity contribution in [1.29, 1.82) is 0 Å². The van der Waals surface area contributed by atoms with Crippen molar-refractivity contribution >= 4 is 32.6 Å². The zero-order chi connectivity index (χ0) is 44.4. The summed E-state index contributed by atoms with van der Waals surface area (Å²) in [6.07, 6.45) is 4.11. The number of rotatable bonds is 9. The molecule has 0 bridgehead atoms. The first-order valence-electron chi connectivity index (χ1n) is 22.4. The Morgan fingerprint density at radius 3 is 2.23 bits per heavy atom. The zero-order valence-corrected chi connectivity index (χ0v) is 37.1. The number of carbonyl (C=O) groups is 1. The second-order valence-corrected chi connectivity index (χ2v) is 20.9. The van der Waals surface area contributed by atoms with Crippen molar-refractivity contribution in [2.24, 2.45) is 5.92 Å². The summed E-state index contributed by atoms with van der Waals surface area (Å²) >= 11 is 0. The van der Waals surface area contributed by atoms with Crippen LogP contribution < -0.4 is 16.2 Å². The molecule has 1 N–H and O–H groups in total. The Balaban J connectivity index is 0.973. The van der Waals surface area contributed by atoms with Gasteiger partial charge in [-0.05, 0) is 136 Å². The van der Waals surface area contributed by atoms with Crippen molar-refractivity contribution < 1.29 is 26.9 Å². The second kappa shape index (κ2) is 14.8. The van der Waals surface area contributed by atoms with Gasteiger partial charge in [0.1, 0.15) is 17.1 Å². The van der Waals surface area contributed by atoms with Crippen LogP contribution in [0.25, 0.3) is 16.6 Å². The number of halogens is 1. The topological polar surface area (TPSA) is 166 Å². The minimum atomic E-state index is -3.32. The maximum atomic E-state index is 15.3. The van der Waals surface area contributed by atoms with Crippen LogP contribution in [0.1, 0.15) is 114 Å². The van der Waals surface area contributed by atoms with Gasteiger partial charge in [0, 0.05) is 55.2 Å². The highest BCUT2D eigenvalue weighted by atomic mass is 32.2. The van der Waals surface area contributed by atoms with E-state index in [2.05, 4.69) is 35.3 Å². The molecule has 3 atom stereocenters. The molecule has 5 aliphatic rings. The van der Waals surface area contributed by atoms with E-state index >= 15 is 9.18 Å². The molecule has 3 aromatic carbocycles. The van der Waals surface area contributed by atoms with Crippen LogP contribution >= 0.6 is 0 Å². The number of anilines is 1. The van der Waals surface area contributed by atoms with Gasteiger partial charge in [0.2, 0.25) is 5.95 Å². The van der Waals surface area contributed by atoms with E-state index in [0.717, 1.165) is 29.3 Å². The van der Waals surface area contributed by atoms with Crippen molar-refractivity contribution in [3.8, 4) is 5.69 Å². The molecule has 0 radical (unpaired) electrons. The fourth-order valence-electron chi connectivity index (χ4n) is 10.7. The van der Waals surface area contributed by atoms with Gasteiger partial charge in [0.15, 0.2) is 15.7 Å². The van der Waals surface area contributed by atoms with Crippen LogP contribution in [0, 0.1) is 25.6 Å². The first-order chi connectivity index (χ1) is 30.7. The molecule has 4 fully saturated rings. The van der Waals surface area contributed by atoms with Crippen LogP contribution in [0.3, 0.4) is 0 Å². The van der Waals surface area contributed by atoms with Gasteiger partial charge < -0.3 is 19.1 Å². The number of nitrogens with one attached hydrogen (secondary N) is 1. The first kappa shape index (κ1) is 40.9. The third-order valence-electron chi connectivity index (χ3n) is 14.7. The standard InChI is InChI=1S/C48H50FN7O7S/c1-26-19-35(20-27(2)41(26)49)55-43(57)38-13-16-54(29(4)42(38)50-46(55)53-24-34(25-53)30-5-8-36(9-6-30)64(60,61)37-10-11-37)44(58)40-22-33-21-32(31-14-17-62-18-15-31)7-12-39(33)56(40)48(23-28(48)3)45-51-47(59)63-52-45/h5-9,12,19-22,28-29,31,34,37H,10-11,13-18,23-25H2,1-4H3,(H,51,52,59)/t28-,29-,48-/m1/s1. The lowest BCUT2D eigenvalue weighted by molar-refractivity contribution is 0.0658. The number of carbonyl (C=O) groups excluding carboxylic acids is 1. The second-order valence-electron chi connectivity index (χ2n) is 18.7. The Morgan fingerprint density at radius 1 is 0.906 bits per heavy atom. The molecule has 2 saturated heterocycles. The number of aromatic nitrogens is 5. The van der Waals surface area contributed by atoms with Gasteiger partial charge in [-0.25, -0.2) is 27.2 Å². The van der Waals surface area contributed by atoms with Gasteiger partial charge in [0.05, 0.1) is 27.6 Å². The molecule has 16 heteroatoms. The van der Waals surface area contributed by atoms with Crippen molar-refractivity contribution in [2.75, 3.05) is 37.7 Å². The van der Waals surface area contributed by atoms with Gasteiger partial charge in [-0.3, -0.25) is 19.1 Å². The Morgan fingerprint density at radius 2 is 1.59 bits per heavy atom. The number of ether oxygens (including phenoxy) is 1. The maximum Gasteiger partial charge on any atom is 0.438 e. The summed E-state index contributed by atoms with van der Waals surface area (Å²) < 4.78 is 55.1. The predicted octanol–water partition coefficient (Wildman–Crippen LogP) is 6.60. The van der Waals surface area contributed by atoms with Crippen molar-refractivity contribution in [3.63, 3.8) is 0 Å². The number of nitrogens with zero attached hydrogens (tertiary/aromatic N) is 6. The zero-order valence-electron chi connectivity index (χ0n) is 36.3. The highest BCUT2D eigenvalue weighted by Gasteiger charge is 2.59. The molecule has 14 nitrogen and oxygen atoms in total. The van der Waals surface area contributed by atoms with Gasteiger partial charge >= 0.3 is 5.76 Å². The average Bonchev–Trinajstić information content (AvgIpc) is 4.16. The molecule has 332 valence electrons. The Hall–Kier alpha value is -5.87. The SMILES string of the molecule is Cc1cc(-n2c(N3CC(c4ccc(S(=O)(=O)C5CC5)cc4)C3)nc3c(c2=O)CCN(C(=O)c2cc4cc(C5CCOCC5)ccc4n2[C@]2(c4noc(=O)[nH]4)C[C@H]2C)[C@@H]3C)cc(C)c1F.